The Labute approximate surface area is 218 Å². The minimum Gasteiger partial charge on any atom is -0.497 e. The van der Waals surface area contributed by atoms with Gasteiger partial charge in [0.1, 0.15) is 18.1 Å². The lowest BCUT2D eigenvalue weighted by atomic mass is 10.1. The summed E-state index contributed by atoms with van der Waals surface area (Å²) in [6, 6.07) is 20.3. The van der Waals surface area contributed by atoms with Gasteiger partial charge in [-0.1, -0.05) is 0 Å². The lowest BCUT2D eigenvalue weighted by Gasteiger charge is -2.36. The zero-order chi connectivity index (χ0) is 26.5. The number of nitrogens with one attached hydrogen (secondary N) is 1. The molecule has 38 heavy (non-hydrogen) atoms. The number of halogens is 1. The average molecular weight is 516 g/mol. The molecule has 1 aliphatic rings. The predicted molar refractivity (Wildman–Crippen MR) is 139 cm³/mol. The van der Waals surface area contributed by atoms with Crippen LogP contribution in [-0.4, -0.2) is 70.2 Å². The van der Waals surface area contributed by atoms with E-state index in [1.54, 1.807) is 72.7 Å². The van der Waals surface area contributed by atoms with Crippen LogP contribution in [0.4, 0.5) is 15.8 Å². The molecule has 4 aromatic rings. The zero-order valence-corrected chi connectivity index (χ0v) is 20.7. The van der Waals surface area contributed by atoms with Crippen molar-refractivity contribution in [3.8, 4) is 17.1 Å². The van der Waals surface area contributed by atoms with Gasteiger partial charge in [-0.05, 0) is 78.0 Å². The lowest BCUT2D eigenvalue weighted by Crippen LogP contribution is -2.49. The van der Waals surface area contributed by atoms with Crippen molar-refractivity contribution in [2.75, 3.05) is 43.5 Å². The van der Waals surface area contributed by atoms with Gasteiger partial charge >= 0.3 is 0 Å². The number of hydrogen-bond acceptors (Lipinski definition) is 7. The quantitative estimate of drug-likeness (QED) is 0.403. The van der Waals surface area contributed by atoms with Gasteiger partial charge < -0.3 is 19.9 Å². The van der Waals surface area contributed by atoms with Gasteiger partial charge in [-0.25, -0.2) is 4.39 Å². The van der Waals surface area contributed by atoms with Crippen LogP contribution in [0.3, 0.4) is 0 Å². The Balaban J connectivity index is 1.14. The molecule has 11 heteroatoms. The Hall–Kier alpha value is -4.80. The molecule has 10 nitrogen and oxygen atoms in total. The summed E-state index contributed by atoms with van der Waals surface area (Å²) < 4.78 is 18.3. The molecule has 0 radical (unpaired) electrons. The molecule has 0 saturated carbocycles. The third-order valence-corrected chi connectivity index (χ3v) is 6.31. The van der Waals surface area contributed by atoms with Crippen molar-refractivity contribution in [1.82, 2.24) is 25.1 Å². The highest BCUT2D eigenvalue weighted by Crippen LogP contribution is 2.20. The van der Waals surface area contributed by atoms with E-state index in [4.69, 9.17) is 4.74 Å². The second-order valence-electron chi connectivity index (χ2n) is 8.75. The van der Waals surface area contributed by atoms with Gasteiger partial charge in [0.05, 0.1) is 7.11 Å². The molecule has 1 saturated heterocycles. The summed E-state index contributed by atoms with van der Waals surface area (Å²) in [5, 5.41) is 15.3. The predicted octanol–water partition coefficient (Wildman–Crippen LogP) is 3.09. The van der Waals surface area contributed by atoms with Gasteiger partial charge in [-0.2, -0.15) is 4.80 Å². The number of aromatic nitrogens is 4. The van der Waals surface area contributed by atoms with Crippen molar-refractivity contribution in [1.29, 1.82) is 0 Å². The monoisotopic (exact) mass is 515 g/mol. The van der Waals surface area contributed by atoms with Crippen LogP contribution in [-0.2, 0) is 11.3 Å². The number of benzene rings is 3. The molecule has 0 aliphatic carbocycles. The van der Waals surface area contributed by atoms with Crippen molar-refractivity contribution in [3.05, 3.63) is 84.2 Å². The van der Waals surface area contributed by atoms with Crippen LogP contribution in [0.1, 0.15) is 10.4 Å². The maximum Gasteiger partial charge on any atom is 0.255 e. The summed E-state index contributed by atoms with van der Waals surface area (Å²) in [6.45, 7) is 2.42. The third-order valence-electron chi connectivity index (χ3n) is 6.31. The van der Waals surface area contributed by atoms with Gasteiger partial charge in [0.2, 0.25) is 11.7 Å². The first kappa shape index (κ1) is 24.9. The van der Waals surface area contributed by atoms with Crippen molar-refractivity contribution in [2.45, 2.75) is 6.54 Å². The number of carbonyl (C=O) groups excluding carboxylic acids is 2. The highest BCUT2D eigenvalue weighted by Gasteiger charge is 2.22. The molecule has 0 bridgehead atoms. The molecular formula is C27H26FN7O3. The van der Waals surface area contributed by atoms with Crippen molar-refractivity contribution < 1.29 is 18.7 Å². The molecule has 0 spiro atoms. The van der Waals surface area contributed by atoms with Gasteiger partial charge in [0, 0.05) is 48.7 Å². The number of tetrazole rings is 1. The molecule has 0 unspecified atom stereocenters. The highest BCUT2D eigenvalue weighted by atomic mass is 19.1. The van der Waals surface area contributed by atoms with Crippen LogP contribution in [0.25, 0.3) is 11.4 Å². The van der Waals surface area contributed by atoms with Crippen molar-refractivity contribution >= 4 is 23.2 Å². The van der Waals surface area contributed by atoms with Crippen LogP contribution in [0, 0.1) is 5.82 Å². The SMILES string of the molecule is COc1ccc(C(=O)Nc2ccc(-c3nnn(CC(=O)N4CCN(c5ccc(F)cc5)CC4)n3)cc2)cc1. The zero-order valence-electron chi connectivity index (χ0n) is 20.7. The Morgan fingerprint density at radius 3 is 2.26 bits per heavy atom. The van der Waals surface area contributed by atoms with E-state index in [2.05, 4.69) is 25.6 Å². The molecule has 1 aromatic heterocycles. The number of rotatable bonds is 7. The van der Waals surface area contributed by atoms with Crippen LogP contribution in [0.15, 0.2) is 72.8 Å². The fourth-order valence-electron chi connectivity index (χ4n) is 4.16. The summed E-state index contributed by atoms with van der Waals surface area (Å²) in [4.78, 5) is 30.4. The minimum absolute atomic E-state index is 0.0143. The summed E-state index contributed by atoms with van der Waals surface area (Å²) in [5.74, 6) is 0.463. The lowest BCUT2D eigenvalue weighted by molar-refractivity contribution is -0.132. The Morgan fingerprint density at radius 1 is 0.921 bits per heavy atom. The third kappa shape index (κ3) is 5.77. The molecule has 0 atom stereocenters. The minimum atomic E-state index is -0.269. The van der Waals surface area contributed by atoms with E-state index in [0.717, 1.165) is 5.69 Å². The summed E-state index contributed by atoms with van der Waals surface area (Å²) in [5.41, 5.74) is 2.78. The number of anilines is 2. The van der Waals surface area contributed by atoms with Gasteiger partial charge in [-0.3, -0.25) is 9.59 Å². The van der Waals surface area contributed by atoms with Gasteiger partial charge in [-0.15, -0.1) is 10.2 Å². The Bertz CT molecular complexity index is 1400. The van der Waals surface area contributed by atoms with Gasteiger partial charge in [0.15, 0.2) is 0 Å². The van der Waals surface area contributed by atoms with Crippen molar-refractivity contribution in [3.63, 3.8) is 0 Å². The maximum atomic E-state index is 13.2. The molecule has 5 rings (SSSR count). The molecule has 1 aliphatic heterocycles. The van der Waals surface area contributed by atoms with Gasteiger partial charge in [0.25, 0.3) is 5.91 Å². The molecule has 194 valence electrons. The first-order chi connectivity index (χ1) is 18.5. The summed E-state index contributed by atoms with van der Waals surface area (Å²) in [6.07, 6.45) is 0. The first-order valence-corrected chi connectivity index (χ1v) is 12.1. The van der Waals surface area contributed by atoms with Crippen LogP contribution in [0.2, 0.25) is 0 Å². The summed E-state index contributed by atoms with van der Waals surface area (Å²) in [7, 11) is 1.57. The van der Waals surface area contributed by atoms with E-state index >= 15 is 0 Å². The highest BCUT2D eigenvalue weighted by molar-refractivity contribution is 6.04. The molecule has 2 amide bonds. The number of amides is 2. The van der Waals surface area contributed by atoms with E-state index in [0.29, 0.717) is 54.6 Å². The van der Waals surface area contributed by atoms with E-state index in [1.165, 1.54) is 16.9 Å². The number of methoxy groups -OCH3 is 1. The standard InChI is InChI=1S/C27H26FN7O3/c1-38-24-12-4-20(5-13-24)27(37)29-22-8-2-19(3-9-22)26-30-32-35(31-26)18-25(36)34-16-14-33(15-17-34)23-10-6-21(28)7-11-23/h2-13H,14-18H2,1H3,(H,29,37). The molecule has 2 heterocycles. The van der Waals surface area contributed by atoms with Crippen LogP contribution >= 0.6 is 0 Å². The van der Waals surface area contributed by atoms with E-state index < -0.39 is 0 Å². The van der Waals surface area contributed by atoms with Crippen LogP contribution in [0.5, 0.6) is 5.75 Å². The van der Waals surface area contributed by atoms with E-state index in [-0.39, 0.29) is 24.2 Å². The Kier molecular flexibility index (Phi) is 7.25. The number of ether oxygens (including phenoxy) is 1. The normalized spacial score (nSPS) is 13.3. The van der Waals surface area contributed by atoms with Crippen molar-refractivity contribution in [2.24, 2.45) is 0 Å². The molecule has 3 aromatic carbocycles. The smallest absolute Gasteiger partial charge is 0.255 e. The number of piperazine rings is 1. The second-order valence-corrected chi connectivity index (χ2v) is 8.75. The fraction of sp³-hybridized carbons (Fsp3) is 0.222. The summed E-state index contributed by atoms with van der Waals surface area (Å²) >= 11 is 0. The molecular weight excluding hydrogens is 489 g/mol. The van der Waals surface area contributed by atoms with Crippen LogP contribution < -0.4 is 15.0 Å². The maximum absolute atomic E-state index is 13.2. The second kappa shape index (κ2) is 11.1. The van der Waals surface area contributed by atoms with E-state index in [9.17, 15) is 14.0 Å². The molecule has 1 fully saturated rings. The Morgan fingerprint density at radius 2 is 1.61 bits per heavy atom. The first-order valence-electron chi connectivity index (χ1n) is 12.1. The molecule has 1 N–H and O–H groups in total. The largest absolute Gasteiger partial charge is 0.497 e. The average Bonchev–Trinajstić information content (AvgIpc) is 3.42. The number of hydrogen-bond donors (Lipinski definition) is 1. The topological polar surface area (TPSA) is 105 Å². The number of carbonyl (C=O) groups is 2. The van der Waals surface area contributed by atoms with E-state index in [1.807, 2.05) is 0 Å². The fourth-order valence-corrected chi connectivity index (χ4v) is 4.16. The number of nitrogens with zero attached hydrogens (tertiary/aromatic N) is 6.